The van der Waals surface area contributed by atoms with Crippen molar-refractivity contribution < 1.29 is 34.5 Å². The maximum absolute atomic E-state index is 12.8. The molecule has 4 atom stereocenters. The number of carbonyl (C=O) groups excluding carboxylic acids is 3. The number of aliphatic carboxylic acids is 1. The fraction of sp³-hybridized carbons (Fsp3) is 0.184. The minimum Gasteiger partial charge on any atom is -0.481 e. The minimum absolute atomic E-state index is 0.203. The van der Waals surface area contributed by atoms with Crippen LogP contribution in [0.5, 0.6) is 0 Å². The zero-order valence-electron chi connectivity index (χ0n) is 34.3. The molecule has 0 radical (unpaired) electrons. The number of hydrazine groups is 1. The van der Waals surface area contributed by atoms with Crippen LogP contribution in [0.25, 0.3) is 31.2 Å². The molecule has 6 rings (SSSR count). The van der Waals surface area contributed by atoms with Gasteiger partial charge in [0.05, 0.1) is 67.0 Å². The third kappa shape index (κ3) is 12.6. The number of nitriles is 2. The Hall–Kier alpha value is -8.24. The number of hydrogen-bond donors (Lipinski definition) is 6. The molecule has 0 unspecified atom stereocenters. The smallest absolute Gasteiger partial charge is 0.309 e. The molecular weight excluding hydrogens is 799 g/mol. The van der Waals surface area contributed by atoms with Crippen LogP contribution in [-0.4, -0.2) is 57.6 Å². The van der Waals surface area contributed by atoms with Gasteiger partial charge in [-0.2, -0.15) is 10.5 Å². The summed E-state index contributed by atoms with van der Waals surface area (Å²) in [6, 6.07) is 38.2. The van der Waals surface area contributed by atoms with Crippen LogP contribution in [-0.2, 0) is 22.4 Å². The molecule has 0 bridgehead atoms. The number of nitrogens with zero attached hydrogens (tertiary/aromatic N) is 4. The number of aliphatic hydroxyl groups excluding tert-OH is 2. The van der Waals surface area contributed by atoms with E-state index >= 15 is 0 Å². The average molecular weight is 842 g/mol. The number of hydrogen-bond acceptors (Lipinski definition) is 9. The van der Waals surface area contributed by atoms with E-state index in [0.29, 0.717) is 33.6 Å². The number of nitrogens with one attached hydrogen (secondary N) is 2. The average Bonchev–Trinajstić information content (AvgIpc) is 3.31. The molecule has 0 aliphatic rings. The summed E-state index contributed by atoms with van der Waals surface area (Å²) in [6.45, 7) is 17.3. The molecule has 7 N–H and O–H groups in total. The monoisotopic (exact) mass is 841 g/mol. The highest BCUT2D eigenvalue weighted by molar-refractivity contribution is 6.00. The Morgan fingerprint density at radius 3 is 1.43 bits per heavy atom. The lowest BCUT2D eigenvalue weighted by Crippen LogP contribution is -2.40. The molecule has 0 heterocycles. The number of fused-ring (bicyclic) bond motifs is 2. The number of carbonyl (C=O) groups is 4. The SMILES string of the molecule is N#Cc1ccc(C(=O)NN)cc1.[C-]#[N+]c1ccc(C[C@@H](C(=O)NCC(=O)c2ccc(C#N)cc2)[C@@H](C)O)c2ccccc12.[C-]#[N+]c1ccc(C[C@@H](C(=O)O)[C@@H](C)O)c2ccccc12. The van der Waals surface area contributed by atoms with Crippen molar-refractivity contribution in [2.75, 3.05) is 6.54 Å². The van der Waals surface area contributed by atoms with E-state index in [9.17, 15) is 29.4 Å². The van der Waals surface area contributed by atoms with Crippen LogP contribution < -0.4 is 16.6 Å². The summed E-state index contributed by atoms with van der Waals surface area (Å²) < 4.78 is 0. The van der Waals surface area contributed by atoms with E-state index in [1.807, 2.05) is 66.1 Å². The van der Waals surface area contributed by atoms with Gasteiger partial charge in [-0.25, -0.2) is 15.5 Å². The van der Waals surface area contributed by atoms with Crippen molar-refractivity contribution in [1.29, 1.82) is 10.5 Å². The number of aliphatic hydroxyl groups is 2. The van der Waals surface area contributed by atoms with E-state index in [4.69, 9.17) is 34.6 Å². The quantitative estimate of drug-likeness (QED) is 0.0243. The summed E-state index contributed by atoms with van der Waals surface area (Å²) in [4.78, 5) is 54.2. The van der Waals surface area contributed by atoms with Crippen molar-refractivity contribution in [2.24, 2.45) is 17.7 Å². The molecular formula is C49H43N7O7. The fourth-order valence-corrected chi connectivity index (χ4v) is 6.57. The number of nitrogen functional groups attached to an aromatic ring is 1. The highest BCUT2D eigenvalue weighted by Crippen LogP contribution is 2.32. The first-order valence-corrected chi connectivity index (χ1v) is 19.4. The number of ketones is 1. The van der Waals surface area contributed by atoms with Crippen LogP contribution in [0.4, 0.5) is 11.4 Å². The number of nitrogens with two attached hydrogens (primary N) is 1. The van der Waals surface area contributed by atoms with E-state index in [2.05, 4.69) is 15.0 Å². The number of carboxylic acids is 1. The van der Waals surface area contributed by atoms with Crippen LogP contribution >= 0.6 is 0 Å². The second kappa shape index (κ2) is 22.9. The Kier molecular flexibility index (Phi) is 17.3. The van der Waals surface area contributed by atoms with Gasteiger partial charge in [-0.1, -0.05) is 84.9 Å². The molecule has 6 aromatic carbocycles. The highest BCUT2D eigenvalue weighted by Gasteiger charge is 2.26. The van der Waals surface area contributed by atoms with E-state index < -0.39 is 35.9 Å². The number of Topliss-reactive ketones (excluding diaryl/α,β-unsaturated/α-hetero) is 1. The number of rotatable bonds is 12. The Balaban J connectivity index is 0.000000232. The Labute approximate surface area is 364 Å². The first-order chi connectivity index (χ1) is 30.3. The maximum Gasteiger partial charge on any atom is 0.309 e. The topological polar surface area (TPSA) is 235 Å². The first kappa shape index (κ1) is 47.4. The van der Waals surface area contributed by atoms with Crippen molar-refractivity contribution >= 4 is 56.5 Å². The van der Waals surface area contributed by atoms with Crippen LogP contribution in [0.15, 0.2) is 121 Å². The summed E-state index contributed by atoms with van der Waals surface area (Å²) in [7, 11) is 0. The normalized spacial score (nSPS) is 12.1. The molecule has 14 heteroatoms. The Morgan fingerprint density at radius 1 is 0.635 bits per heavy atom. The largest absolute Gasteiger partial charge is 0.481 e. The molecule has 0 spiro atoms. The Morgan fingerprint density at radius 2 is 1.05 bits per heavy atom. The van der Waals surface area contributed by atoms with Gasteiger partial charge in [-0.05, 0) is 95.8 Å². The van der Waals surface area contributed by atoms with Gasteiger partial charge < -0.3 is 20.6 Å². The standard InChI is InChI=1S/C25H21N3O3.C16H15NO3.C8H7N3O/c1-16(29)22(13-19-11-12-23(27-2)21-6-4-3-5-20(19)21)25(31)28-15-24(30)18-9-7-17(14-26)8-10-18;1-10(18)14(16(19)20)9-11-7-8-15(17-2)13-6-4-3-5-12(11)13;9-5-6-1-3-7(4-2-6)8(12)11-10/h3-12,16,22,29H,13,15H2,1H3,(H,28,31);3-8,10,14,18H,9H2,1H3,(H,19,20);1-4H,10H2,(H,11,12)/t16-,22-;10-,14-;/m11./s1. The number of carboxylic acid groups (broad SMARTS) is 1. The summed E-state index contributed by atoms with van der Waals surface area (Å²) in [5.74, 6) is 1.23. The predicted octanol–water partition coefficient (Wildman–Crippen LogP) is 6.98. The fourth-order valence-electron chi connectivity index (χ4n) is 6.57. The van der Waals surface area contributed by atoms with Crippen molar-refractivity contribution in [3.8, 4) is 12.1 Å². The molecule has 6 aromatic rings. The first-order valence-electron chi connectivity index (χ1n) is 19.4. The molecule has 14 nitrogen and oxygen atoms in total. The van der Waals surface area contributed by atoms with Gasteiger partial charge in [0.25, 0.3) is 5.91 Å². The van der Waals surface area contributed by atoms with Gasteiger partial charge in [0.15, 0.2) is 17.2 Å². The van der Waals surface area contributed by atoms with E-state index in [-0.39, 0.29) is 31.1 Å². The van der Waals surface area contributed by atoms with E-state index in [0.717, 1.165) is 32.7 Å². The molecule has 316 valence electrons. The maximum atomic E-state index is 12.8. The van der Waals surface area contributed by atoms with Crippen LogP contribution in [0.2, 0.25) is 0 Å². The van der Waals surface area contributed by atoms with Gasteiger partial charge in [-0.3, -0.25) is 24.6 Å². The number of benzene rings is 6. The second-order valence-electron chi connectivity index (χ2n) is 14.2. The van der Waals surface area contributed by atoms with Gasteiger partial charge in [-0.15, -0.1) is 0 Å². The van der Waals surface area contributed by atoms with E-state index in [1.54, 1.807) is 79.7 Å². The van der Waals surface area contributed by atoms with Crippen molar-refractivity contribution in [3.63, 3.8) is 0 Å². The van der Waals surface area contributed by atoms with Gasteiger partial charge in [0.1, 0.15) is 0 Å². The lowest BCUT2D eigenvalue weighted by molar-refractivity contribution is -0.145. The summed E-state index contributed by atoms with van der Waals surface area (Å²) in [5.41, 5.74) is 6.57. The number of amides is 2. The summed E-state index contributed by atoms with van der Waals surface area (Å²) in [6.07, 6.45) is -1.34. The van der Waals surface area contributed by atoms with Crippen molar-refractivity contribution in [1.82, 2.24) is 10.7 Å². The molecule has 0 aliphatic carbocycles. The summed E-state index contributed by atoms with van der Waals surface area (Å²) >= 11 is 0. The van der Waals surface area contributed by atoms with Gasteiger partial charge in [0.2, 0.25) is 5.91 Å². The zero-order valence-corrected chi connectivity index (χ0v) is 34.3. The third-order valence-corrected chi connectivity index (χ3v) is 10.1. The predicted molar refractivity (Wildman–Crippen MR) is 237 cm³/mol. The molecule has 2 amide bonds. The lowest BCUT2D eigenvalue weighted by Gasteiger charge is -2.20. The van der Waals surface area contributed by atoms with Crippen LogP contribution in [0.1, 0.15) is 56.8 Å². The van der Waals surface area contributed by atoms with Crippen molar-refractivity contribution in [3.05, 3.63) is 178 Å². The zero-order chi connectivity index (χ0) is 46.1. The molecule has 0 aliphatic heterocycles. The third-order valence-electron chi connectivity index (χ3n) is 10.1. The molecule has 0 saturated carbocycles. The van der Waals surface area contributed by atoms with Crippen LogP contribution in [0, 0.1) is 47.6 Å². The molecule has 0 aromatic heterocycles. The van der Waals surface area contributed by atoms with Gasteiger partial charge in [0, 0.05) is 11.1 Å². The molecule has 0 saturated heterocycles. The molecule has 0 fully saturated rings. The van der Waals surface area contributed by atoms with E-state index in [1.165, 1.54) is 6.92 Å². The minimum atomic E-state index is -1.02. The van der Waals surface area contributed by atoms with Crippen LogP contribution in [0.3, 0.4) is 0 Å². The molecule has 63 heavy (non-hydrogen) atoms. The summed E-state index contributed by atoms with van der Waals surface area (Å²) in [5, 5.41) is 52.2. The van der Waals surface area contributed by atoms with Crippen molar-refractivity contribution in [2.45, 2.75) is 38.9 Å². The lowest BCUT2D eigenvalue weighted by atomic mass is 9.90. The van der Waals surface area contributed by atoms with Gasteiger partial charge >= 0.3 is 5.97 Å². The highest BCUT2D eigenvalue weighted by atomic mass is 16.4. The Bertz CT molecular complexity index is 2780. The second-order valence-corrected chi connectivity index (χ2v) is 14.2.